The zero-order chi connectivity index (χ0) is 34.4. The maximum Gasteiger partial charge on any atom is 0.490 e. The maximum atomic E-state index is 11.9. The van der Waals surface area contributed by atoms with E-state index in [1.165, 1.54) is 0 Å². The van der Waals surface area contributed by atoms with Crippen molar-refractivity contribution in [2.75, 3.05) is 26.2 Å². The summed E-state index contributed by atoms with van der Waals surface area (Å²) in [5.41, 5.74) is 5.72. The summed E-state index contributed by atoms with van der Waals surface area (Å²) in [6, 6.07) is 0.420. The lowest BCUT2D eigenvalue weighted by Crippen LogP contribution is -2.64. The van der Waals surface area contributed by atoms with E-state index in [9.17, 15) is 57.5 Å². The summed E-state index contributed by atoms with van der Waals surface area (Å²) in [4.78, 5) is 51.7. The van der Waals surface area contributed by atoms with Crippen molar-refractivity contribution < 1.29 is 97.1 Å². The predicted molar refractivity (Wildman–Crippen MR) is 110 cm³/mol. The third kappa shape index (κ3) is 19.5. The van der Waals surface area contributed by atoms with Gasteiger partial charge in [0.05, 0.1) is 6.04 Å². The number of likely N-dealkylation sites (N-methyl/N-ethyl adjacent to an activating group) is 1. The van der Waals surface area contributed by atoms with E-state index < -0.39 is 48.6 Å². The summed E-state index contributed by atoms with van der Waals surface area (Å²) in [5.74, 6) is -10.7. The third-order valence-corrected chi connectivity index (χ3v) is 4.23. The van der Waals surface area contributed by atoms with Crippen molar-refractivity contribution >= 4 is 29.8 Å². The minimum absolute atomic E-state index is 0.128. The minimum atomic E-state index is -5.08. The molecule has 2 rings (SSSR count). The molecule has 0 aromatic rings. The summed E-state index contributed by atoms with van der Waals surface area (Å²) in [6.07, 6.45) is -18.2. The largest absolute Gasteiger partial charge is 0.490 e. The van der Waals surface area contributed by atoms with Crippen LogP contribution in [-0.4, -0.2) is 123 Å². The van der Waals surface area contributed by atoms with Crippen LogP contribution in [0.3, 0.4) is 0 Å². The van der Waals surface area contributed by atoms with E-state index in [-0.39, 0.29) is 6.04 Å². The molecule has 42 heavy (non-hydrogen) atoms. The van der Waals surface area contributed by atoms with E-state index in [2.05, 4.69) is 4.90 Å². The highest BCUT2D eigenvalue weighted by Crippen LogP contribution is 2.21. The second-order valence-electron chi connectivity index (χ2n) is 7.50. The number of rotatable bonds is 2. The number of carboxylic acid groups (broad SMARTS) is 4. The standard InChI is InChI=1S/C10H19N3O.4C2HF3O2/c1-2-12-5-3-4-9(10(12)14)13-6-8(11)7-13;4*3-2(4,5)1(6)7/h8-9H,2-7,11H2,1H3;4*(H,6,7). The maximum absolute atomic E-state index is 11.9. The second-order valence-corrected chi connectivity index (χ2v) is 7.50. The van der Waals surface area contributed by atoms with Crippen molar-refractivity contribution in [2.24, 2.45) is 5.73 Å². The van der Waals surface area contributed by atoms with Crippen LogP contribution in [0.1, 0.15) is 19.8 Å². The fourth-order valence-corrected chi connectivity index (χ4v) is 2.38. The SMILES string of the molecule is CCN1CCCC(N2CC(N)C2)C1=O.O=C(O)C(F)(F)F.O=C(O)C(F)(F)F.O=C(O)C(F)(F)F.O=C(O)C(F)(F)F. The first-order chi connectivity index (χ1) is 18.5. The minimum Gasteiger partial charge on any atom is -0.475 e. The van der Waals surface area contributed by atoms with Crippen molar-refractivity contribution in [3.63, 3.8) is 0 Å². The van der Waals surface area contributed by atoms with Gasteiger partial charge < -0.3 is 31.1 Å². The van der Waals surface area contributed by atoms with Gasteiger partial charge in [-0.3, -0.25) is 9.69 Å². The fraction of sp³-hybridized carbons (Fsp3) is 0.722. The van der Waals surface area contributed by atoms with Crippen LogP contribution in [0.15, 0.2) is 0 Å². The average Bonchev–Trinajstić information content (AvgIpc) is 2.76. The Morgan fingerprint density at radius 1 is 0.714 bits per heavy atom. The van der Waals surface area contributed by atoms with Gasteiger partial charge in [0.25, 0.3) is 0 Å². The molecule has 24 heteroatoms. The van der Waals surface area contributed by atoms with Crippen LogP contribution in [0.5, 0.6) is 0 Å². The summed E-state index contributed by atoms with van der Waals surface area (Å²) in [5, 5.41) is 28.5. The van der Waals surface area contributed by atoms with E-state index in [1.54, 1.807) is 0 Å². The van der Waals surface area contributed by atoms with Crippen LogP contribution in [0.2, 0.25) is 0 Å². The number of nitrogens with zero attached hydrogens (tertiary/aromatic N) is 2. The van der Waals surface area contributed by atoms with Gasteiger partial charge in [0.1, 0.15) is 0 Å². The van der Waals surface area contributed by atoms with Gasteiger partial charge in [-0.1, -0.05) is 0 Å². The molecule has 0 aromatic heterocycles. The number of carbonyl (C=O) groups is 5. The highest BCUT2D eigenvalue weighted by molar-refractivity contribution is 5.82. The Morgan fingerprint density at radius 3 is 1.17 bits per heavy atom. The number of piperidine rings is 1. The van der Waals surface area contributed by atoms with Crippen LogP contribution in [0, 0.1) is 0 Å². The third-order valence-electron chi connectivity index (χ3n) is 4.23. The van der Waals surface area contributed by atoms with Gasteiger partial charge in [0.2, 0.25) is 5.91 Å². The molecular weight excluding hydrogens is 630 g/mol. The number of aliphatic carboxylic acids is 4. The molecule has 2 aliphatic heterocycles. The Bertz CT molecular complexity index is 804. The molecule has 0 aromatic carbocycles. The smallest absolute Gasteiger partial charge is 0.475 e. The van der Waals surface area contributed by atoms with Crippen molar-refractivity contribution in [2.45, 2.75) is 56.6 Å². The summed E-state index contributed by atoms with van der Waals surface area (Å²) in [7, 11) is 0. The number of hydrogen-bond donors (Lipinski definition) is 5. The van der Waals surface area contributed by atoms with Gasteiger partial charge >= 0.3 is 48.6 Å². The Hall–Kier alpha value is -3.57. The van der Waals surface area contributed by atoms with Crippen molar-refractivity contribution in [1.82, 2.24) is 9.80 Å². The van der Waals surface area contributed by atoms with Crippen molar-refractivity contribution in [3.8, 4) is 0 Å². The van der Waals surface area contributed by atoms with Gasteiger partial charge in [-0.2, -0.15) is 52.7 Å². The summed E-state index contributed by atoms with van der Waals surface area (Å²) >= 11 is 0. The van der Waals surface area contributed by atoms with E-state index in [4.69, 9.17) is 45.3 Å². The first kappa shape index (κ1) is 42.9. The molecule has 12 nitrogen and oxygen atoms in total. The molecule has 0 aliphatic carbocycles. The molecule has 6 N–H and O–H groups in total. The molecule has 2 fully saturated rings. The first-order valence-corrected chi connectivity index (χ1v) is 10.5. The van der Waals surface area contributed by atoms with Crippen molar-refractivity contribution in [1.29, 1.82) is 0 Å². The molecule has 2 saturated heterocycles. The van der Waals surface area contributed by atoms with Gasteiger partial charge in [0, 0.05) is 32.2 Å². The predicted octanol–water partition coefficient (Wildman–Crippen LogP) is 2.17. The number of carbonyl (C=O) groups excluding carboxylic acids is 1. The fourth-order valence-electron chi connectivity index (χ4n) is 2.38. The van der Waals surface area contributed by atoms with Gasteiger partial charge in [-0.05, 0) is 19.8 Å². The Balaban J connectivity index is -0.000000476. The summed E-state index contributed by atoms with van der Waals surface area (Å²) in [6.45, 7) is 5.62. The molecule has 0 bridgehead atoms. The number of hydrogen-bond acceptors (Lipinski definition) is 7. The Morgan fingerprint density at radius 2 is 0.976 bits per heavy atom. The van der Waals surface area contributed by atoms with Crippen LogP contribution in [0.25, 0.3) is 0 Å². The zero-order valence-electron chi connectivity index (χ0n) is 20.7. The molecule has 0 saturated carbocycles. The second kappa shape index (κ2) is 17.4. The molecule has 248 valence electrons. The van der Waals surface area contributed by atoms with Crippen LogP contribution in [0.4, 0.5) is 52.7 Å². The van der Waals surface area contributed by atoms with E-state index in [0.29, 0.717) is 11.9 Å². The van der Waals surface area contributed by atoms with Crippen LogP contribution in [-0.2, 0) is 24.0 Å². The molecule has 0 radical (unpaired) electrons. The summed E-state index contributed by atoms with van der Waals surface area (Å²) < 4.78 is 127. The molecule has 1 unspecified atom stereocenters. The lowest BCUT2D eigenvalue weighted by Gasteiger charge is -2.45. The normalized spacial score (nSPS) is 17.7. The molecule has 1 amide bonds. The van der Waals surface area contributed by atoms with Gasteiger partial charge in [-0.15, -0.1) is 0 Å². The van der Waals surface area contributed by atoms with Crippen LogP contribution >= 0.6 is 0 Å². The average molecular weight is 653 g/mol. The molecular formula is C18H23F12N3O9. The number of halogens is 12. The number of likely N-dealkylation sites (tertiary alicyclic amines) is 2. The van der Waals surface area contributed by atoms with Gasteiger partial charge in [0.15, 0.2) is 0 Å². The van der Waals surface area contributed by atoms with E-state index in [0.717, 1.165) is 39.0 Å². The topological polar surface area (TPSA) is 199 Å². The van der Waals surface area contributed by atoms with Crippen molar-refractivity contribution in [3.05, 3.63) is 0 Å². The van der Waals surface area contributed by atoms with Gasteiger partial charge in [-0.25, -0.2) is 19.2 Å². The zero-order valence-corrected chi connectivity index (χ0v) is 20.7. The molecule has 2 heterocycles. The Kier molecular flexibility index (Phi) is 17.8. The number of carboxylic acids is 4. The lowest BCUT2D eigenvalue weighted by atomic mass is 9.98. The molecule has 1 atom stereocenters. The Labute approximate surface area is 226 Å². The first-order valence-electron chi connectivity index (χ1n) is 10.5. The molecule has 0 spiro atoms. The lowest BCUT2D eigenvalue weighted by molar-refractivity contribution is -0.193. The molecule has 2 aliphatic rings. The monoisotopic (exact) mass is 653 g/mol. The van der Waals surface area contributed by atoms with Crippen LogP contribution < -0.4 is 5.73 Å². The van der Waals surface area contributed by atoms with E-state index in [1.807, 2.05) is 11.8 Å². The number of nitrogens with two attached hydrogens (primary N) is 1. The number of alkyl halides is 12. The highest BCUT2D eigenvalue weighted by atomic mass is 19.4. The highest BCUT2D eigenvalue weighted by Gasteiger charge is 2.40. The van der Waals surface area contributed by atoms with E-state index >= 15 is 0 Å². The quantitative estimate of drug-likeness (QED) is 0.274. The number of amides is 1.